The molecule has 1 amide bonds. The summed E-state index contributed by atoms with van der Waals surface area (Å²) in [7, 11) is 1.82. The van der Waals surface area contributed by atoms with Crippen LogP contribution in [-0.4, -0.2) is 74.8 Å². The minimum Gasteiger partial charge on any atom is -0.504 e. The van der Waals surface area contributed by atoms with E-state index in [2.05, 4.69) is 26.8 Å². The summed E-state index contributed by atoms with van der Waals surface area (Å²) in [6.45, 7) is 7.49. The molecule has 2 aromatic rings. The van der Waals surface area contributed by atoms with Crippen LogP contribution < -0.4 is 4.74 Å². The Morgan fingerprint density at radius 1 is 1.12 bits per heavy atom. The molecule has 7 heteroatoms. The van der Waals surface area contributed by atoms with E-state index in [-0.39, 0.29) is 28.4 Å². The van der Waals surface area contributed by atoms with Gasteiger partial charge in [0.05, 0.1) is 11.5 Å². The van der Waals surface area contributed by atoms with E-state index < -0.39 is 17.1 Å². The molecule has 0 aromatic heterocycles. The molecule has 40 heavy (non-hydrogen) atoms. The number of hydroxylamine groups is 3. The highest BCUT2D eigenvalue weighted by atomic mass is 16.6. The zero-order valence-electron chi connectivity index (χ0n) is 24.0. The molecule has 1 unspecified atom stereocenters. The maximum absolute atomic E-state index is 13.6. The van der Waals surface area contributed by atoms with Gasteiger partial charge in [-0.15, -0.1) is 0 Å². The molecule has 2 bridgehead atoms. The van der Waals surface area contributed by atoms with Crippen LogP contribution in [0.4, 0.5) is 0 Å². The van der Waals surface area contributed by atoms with Gasteiger partial charge in [0.25, 0.3) is 0 Å². The third-order valence-corrected chi connectivity index (χ3v) is 11.4. The Hall–Kier alpha value is -2.87. The van der Waals surface area contributed by atoms with Gasteiger partial charge in [-0.2, -0.15) is 4.65 Å². The van der Waals surface area contributed by atoms with Crippen LogP contribution in [0.25, 0.3) is 6.08 Å². The molecule has 1 saturated heterocycles. The average Bonchev–Trinajstić information content (AvgIpc) is 3.66. The van der Waals surface area contributed by atoms with Crippen molar-refractivity contribution >= 4 is 12.0 Å². The molecule has 2 heterocycles. The van der Waals surface area contributed by atoms with Gasteiger partial charge >= 0.3 is 0 Å². The summed E-state index contributed by atoms with van der Waals surface area (Å²) >= 11 is 0. The third-order valence-electron chi connectivity index (χ3n) is 11.4. The maximum Gasteiger partial charge on any atom is 0.246 e. The van der Waals surface area contributed by atoms with Crippen molar-refractivity contribution in [3.05, 3.63) is 63.7 Å². The van der Waals surface area contributed by atoms with Gasteiger partial charge in [0, 0.05) is 37.4 Å². The standard InChI is InChI=1S/C33H40N2O5/c1-19-5-8-23(21(3)20(19)2)10-12-28(37)34(4)25-13-14-33(38)27-17-24-9-11-26(36)30-29(24)32(33,31(25)40-30)15-16-35(27,39)18-22-6-7-22/h5,8-12,22,25,27,31,38-39H,6-7,13-18H2,1-4H3/p+1/b12-10+/t25-,27-,31-,32-,33+,35?/m0/s1. The fraction of sp³-hybridized carbons (Fsp3) is 0.545. The van der Waals surface area contributed by atoms with Crippen LogP contribution in [0.3, 0.4) is 0 Å². The number of nitrogens with zero attached hydrogens (tertiary/aromatic N) is 2. The van der Waals surface area contributed by atoms with E-state index in [1.165, 1.54) is 11.1 Å². The van der Waals surface area contributed by atoms with Crippen LogP contribution >= 0.6 is 0 Å². The molecule has 3 N–H and O–H groups in total. The van der Waals surface area contributed by atoms with Crippen LogP contribution in [0.5, 0.6) is 11.5 Å². The largest absolute Gasteiger partial charge is 0.504 e. The Morgan fingerprint density at radius 2 is 1.90 bits per heavy atom. The molecule has 7 rings (SSSR count). The lowest BCUT2D eigenvalue weighted by molar-refractivity contribution is -1.13. The van der Waals surface area contributed by atoms with Gasteiger partial charge in [-0.1, -0.05) is 18.2 Å². The molecule has 2 saturated carbocycles. The van der Waals surface area contributed by atoms with E-state index in [1.54, 1.807) is 17.0 Å². The topological polar surface area (TPSA) is 90.2 Å². The van der Waals surface area contributed by atoms with E-state index in [1.807, 2.05) is 25.3 Å². The number of aliphatic hydroxyl groups is 1. The second kappa shape index (κ2) is 8.57. The average molecular weight is 546 g/mol. The van der Waals surface area contributed by atoms with Gasteiger partial charge in [-0.3, -0.25) is 4.79 Å². The van der Waals surface area contributed by atoms with Gasteiger partial charge in [0.1, 0.15) is 24.8 Å². The number of carbonyl (C=O) groups excluding carboxylic acids is 1. The number of hydrogen-bond acceptors (Lipinski definition) is 5. The number of piperidine rings is 1. The molecule has 212 valence electrons. The molecule has 2 aliphatic heterocycles. The summed E-state index contributed by atoms with van der Waals surface area (Å²) in [4.78, 5) is 15.3. The lowest BCUT2D eigenvalue weighted by Crippen LogP contribution is -2.82. The van der Waals surface area contributed by atoms with Crippen LogP contribution in [-0.2, 0) is 16.6 Å². The fourth-order valence-corrected chi connectivity index (χ4v) is 8.75. The number of phenolic OH excluding ortho intramolecular Hbond substituents is 1. The molecule has 5 aliphatic rings. The quantitative estimate of drug-likeness (QED) is 0.385. The molecule has 1 spiro atoms. The van der Waals surface area contributed by atoms with E-state index in [0.717, 1.165) is 35.1 Å². The first-order chi connectivity index (χ1) is 19.0. The van der Waals surface area contributed by atoms with Crippen LogP contribution in [0.2, 0.25) is 0 Å². The predicted molar refractivity (Wildman–Crippen MR) is 151 cm³/mol. The first-order valence-corrected chi connectivity index (χ1v) is 14.9. The summed E-state index contributed by atoms with van der Waals surface area (Å²) in [5, 5.41) is 35.6. The SMILES string of the molecule is Cc1ccc(/C=C/C(=O)N(C)[C@H]2CC[C@@]3(O)[C@@H]4Cc5ccc(O)c6c5[C@@]3(CC[N+]4(O)CC3CC3)[C@H]2O6)c(C)c1C. The number of aromatic hydroxyl groups is 1. The number of likely N-dealkylation sites (tertiary alicyclic amines) is 1. The molecule has 7 nitrogen and oxygen atoms in total. The van der Waals surface area contributed by atoms with Crippen molar-refractivity contribution < 1.29 is 29.6 Å². The summed E-state index contributed by atoms with van der Waals surface area (Å²) in [6.07, 6.45) is 7.44. The van der Waals surface area contributed by atoms with E-state index in [0.29, 0.717) is 50.4 Å². The first kappa shape index (κ1) is 26.1. The van der Waals surface area contributed by atoms with Crippen molar-refractivity contribution in [3.8, 4) is 11.5 Å². The molecule has 3 aliphatic carbocycles. The highest BCUT2D eigenvalue weighted by Crippen LogP contribution is 2.66. The van der Waals surface area contributed by atoms with Gasteiger partial charge in [0.2, 0.25) is 5.91 Å². The smallest absolute Gasteiger partial charge is 0.246 e. The van der Waals surface area contributed by atoms with Crippen LogP contribution in [0.1, 0.15) is 65.5 Å². The Labute approximate surface area is 236 Å². The normalized spacial score (nSPS) is 35.4. The second-order valence-corrected chi connectivity index (χ2v) is 13.3. The second-order valence-electron chi connectivity index (χ2n) is 13.3. The van der Waals surface area contributed by atoms with E-state index in [9.17, 15) is 20.2 Å². The zero-order chi connectivity index (χ0) is 28.2. The number of phenols is 1. The summed E-state index contributed by atoms with van der Waals surface area (Å²) in [6, 6.07) is 7.11. The first-order valence-electron chi connectivity index (χ1n) is 14.9. The number of ether oxygens (including phenoxy) is 1. The van der Waals surface area contributed by atoms with Gasteiger partial charge < -0.3 is 19.8 Å². The lowest BCUT2D eigenvalue weighted by atomic mass is 9.48. The van der Waals surface area contributed by atoms with Gasteiger partial charge in [0.15, 0.2) is 17.5 Å². The third kappa shape index (κ3) is 3.37. The Kier molecular flexibility index (Phi) is 5.58. The fourth-order valence-electron chi connectivity index (χ4n) is 8.75. The minimum absolute atomic E-state index is 0.0782. The highest BCUT2D eigenvalue weighted by molar-refractivity contribution is 5.92. The number of benzene rings is 2. The number of likely N-dealkylation sites (N-methyl/N-ethyl adjacent to an activating group) is 1. The maximum atomic E-state index is 13.6. The predicted octanol–water partition coefficient (Wildman–Crippen LogP) is 4.33. The minimum atomic E-state index is -1.18. The lowest BCUT2D eigenvalue weighted by Gasteiger charge is -2.64. The van der Waals surface area contributed by atoms with Crippen molar-refractivity contribution in [2.24, 2.45) is 5.92 Å². The Morgan fingerprint density at radius 3 is 2.65 bits per heavy atom. The van der Waals surface area contributed by atoms with Crippen LogP contribution in [0.15, 0.2) is 30.3 Å². The molecule has 3 fully saturated rings. The number of hydrogen-bond donors (Lipinski definition) is 3. The molecular weight excluding hydrogens is 504 g/mol. The van der Waals surface area contributed by atoms with E-state index in [4.69, 9.17) is 4.74 Å². The molecule has 0 radical (unpaired) electrons. The summed E-state index contributed by atoms with van der Waals surface area (Å²) < 4.78 is 6.52. The van der Waals surface area contributed by atoms with Gasteiger partial charge in [-0.25, -0.2) is 5.21 Å². The number of rotatable bonds is 5. The van der Waals surface area contributed by atoms with Crippen molar-refractivity contribution in [1.82, 2.24) is 4.90 Å². The van der Waals surface area contributed by atoms with E-state index >= 15 is 0 Å². The monoisotopic (exact) mass is 545 g/mol. The number of amides is 1. The number of aryl methyl sites for hydroxylation is 1. The summed E-state index contributed by atoms with van der Waals surface area (Å²) in [5.41, 5.74) is 4.63. The Balaban J connectivity index is 1.25. The molecule has 2 aromatic carbocycles. The molecule has 6 atom stereocenters. The van der Waals surface area contributed by atoms with Crippen LogP contribution in [0, 0.1) is 26.7 Å². The Bertz CT molecular complexity index is 1450. The summed E-state index contributed by atoms with van der Waals surface area (Å²) in [5.74, 6) is 0.934. The molecular formula is C33H41N2O5+. The van der Waals surface area contributed by atoms with Crippen molar-refractivity contribution in [2.75, 3.05) is 20.1 Å². The zero-order valence-corrected chi connectivity index (χ0v) is 24.0. The number of carbonyl (C=O) groups is 1. The van der Waals surface area contributed by atoms with Gasteiger partial charge in [-0.05, 0) is 86.4 Å². The van der Waals surface area contributed by atoms with Crippen molar-refractivity contribution in [2.45, 2.75) is 88.5 Å². The van der Waals surface area contributed by atoms with Crippen molar-refractivity contribution in [1.29, 1.82) is 0 Å². The highest BCUT2D eigenvalue weighted by Gasteiger charge is 2.77. The van der Waals surface area contributed by atoms with Crippen molar-refractivity contribution in [3.63, 3.8) is 0 Å². The number of quaternary nitrogens is 1.